The number of rotatable bonds is 6. The van der Waals surface area contributed by atoms with Crippen molar-refractivity contribution in [2.24, 2.45) is 0 Å². The molecule has 3 aromatic rings. The number of carbonyl (C=O) groups is 3. The molecule has 2 atom stereocenters. The summed E-state index contributed by atoms with van der Waals surface area (Å²) in [5.74, 6) is -1.71. The van der Waals surface area contributed by atoms with Gasteiger partial charge in [-0.25, -0.2) is 14.4 Å². The van der Waals surface area contributed by atoms with Gasteiger partial charge in [0.2, 0.25) is 18.1 Å². The molecule has 0 aliphatic carbocycles. The first-order valence-electron chi connectivity index (χ1n) is 9.06. The van der Waals surface area contributed by atoms with E-state index in [4.69, 9.17) is 11.6 Å². The number of imidazole rings is 1. The normalized spacial score (nSPS) is 17.6. The molecule has 0 saturated heterocycles. The third-order valence-electron chi connectivity index (χ3n) is 4.84. The van der Waals surface area contributed by atoms with Crippen LogP contribution in [0.5, 0.6) is 0 Å². The zero-order chi connectivity index (χ0) is 22.1. The first-order chi connectivity index (χ1) is 14.9. The van der Waals surface area contributed by atoms with Gasteiger partial charge in [-0.3, -0.25) is 19.1 Å². The monoisotopic (exact) mass is 446 g/mol. The topological polar surface area (TPSA) is 136 Å². The Bertz CT molecular complexity index is 1160. The maximum absolute atomic E-state index is 14.0. The summed E-state index contributed by atoms with van der Waals surface area (Å²) in [5.41, 5.74) is 0.510. The molecule has 31 heavy (non-hydrogen) atoms. The average Bonchev–Trinajstić information content (AvgIpc) is 3.40. The van der Waals surface area contributed by atoms with Gasteiger partial charge in [0.1, 0.15) is 24.5 Å². The Morgan fingerprint density at radius 1 is 1.42 bits per heavy atom. The van der Waals surface area contributed by atoms with Crippen LogP contribution in [0, 0.1) is 5.82 Å². The zero-order valence-electron chi connectivity index (χ0n) is 16.0. The van der Waals surface area contributed by atoms with Gasteiger partial charge in [-0.05, 0) is 18.2 Å². The van der Waals surface area contributed by atoms with Gasteiger partial charge >= 0.3 is 0 Å². The first-order valence-corrected chi connectivity index (χ1v) is 9.44. The van der Waals surface area contributed by atoms with Crippen molar-refractivity contribution in [2.75, 3.05) is 12.4 Å². The Morgan fingerprint density at radius 3 is 2.90 bits per heavy atom. The second-order valence-corrected chi connectivity index (χ2v) is 7.03. The molecule has 0 bridgehead atoms. The number of hydrogen-bond acceptors (Lipinski definition) is 6. The van der Waals surface area contributed by atoms with Crippen molar-refractivity contribution in [3.63, 3.8) is 0 Å². The Morgan fingerprint density at radius 2 is 2.23 bits per heavy atom. The van der Waals surface area contributed by atoms with Crippen molar-refractivity contribution >= 4 is 35.6 Å². The Kier molecular flexibility index (Phi) is 5.38. The minimum Gasteiger partial charge on any atom is -0.352 e. The molecule has 3 amide bonds. The van der Waals surface area contributed by atoms with Gasteiger partial charge in [-0.1, -0.05) is 11.6 Å². The molecule has 160 valence electrons. The van der Waals surface area contributed by atoms with E-state index in [9.17, 15) is 18.8 Å². The van der Waals surface area contributed by atoms with Crippen LogP contribution >= 0.6 is 11.6 Å². The maximum Gasteiger partial charge on any atom is 0.287 e. The molecule has 2 aromatic heterocycles. The van der Waals surface area contributed by atoms with Crippen LogP contribution in [-0.2, 0) is 16.1 Å². The second kappa shape index (κ2) is 8.14. The van der Waals surface area contributed by atoms with Crippen LogP contribution in [0.2, 0.25) is 5.02 Å². The molecule has 0 fully saturated rings. The van der Waals surface area contributed by atoms with Crippen molar-refractivity contribution in [3.8, 4) is 0 Å². The van der Waals surface area contributed by atoms with E-state index >= 15 is 0 Å². The number of benzene rings is 1. The SMILES string of the molecule is CNC(=O)c1nc(NC=O)c2n1C(Cn1cncn1)C(=O)N[C@H]2c1cc(F)ccc1Cl. The van der Waals surface area contributed by atoms with Crippen LogP contribution in [0.15, 0.2) is 30.9 Å². The van der Waals surface area contributed by atoms with Gasteiger partial charge in [-0.15, -0.1) is 0 Å². The number of nitrogens with one attached hydrogen (secondary N) is 3. The highest BCUT2D eigenvalue weighted by molar-refractivity contribution is 6.31. The summed E-state index contributed by atoms with van der Waals surface area (Å²) < 4.78 is 16.8. The summed E-state index contributed by atoms with van der Waals surface area (Å²) in [4.78, 5) is 45.0. The fourth-order valence-corrected chi connectivity index (χ4v) is 3.75. The average molecular weight is 447 g/mol. The second-order valence-electron chi connectivity index (χ2n) is 6.62. The minimum atomic E-state index is -0.976. The van der Waals surface area contributed by atoms with Crippen LogP contribution in [0.1, 0.15) is 34.0 Å². The van der Waals surface area contributed by atoms with Crippen LogP contribution in [0.25, 0.3) is 0 Å². The van der Waals surface area contributed by atoms with Gasteiger partial charge in [0.15, 0.2) is 5.82 Å². The molecular formula is C18H16ClFN8O3. The van der Waals surface area contributed by atoms with Crippen molar-refractivity contribution in [2.45, 2.75) is 18.6 Å². The molecule has 11 nitrogen and oxygen atoms in total. The Hall–Kier alpha value is -3.80. The lowest BCUT2D eigenvalue weighted by Gasteiger charge is -2.33. The predicted molar refractivity (Wildman–Crippen MR) is 106 cm³/mol. The summed E-state index contributed by atoms with van der Waals surface area (Å²) in [6.07, 6.45) is 3.12. The molecule has 3 heterocycles. The number of carbonyl (C=O) groups excluding carboxylic acids is 3. The number of halogens is 2. The summed E-state index contributed by atoms with van der Waals surface area (Å²) >= 11 is 6.28. The standard InChI is InChI=1S/C18H16ClFN8O3/c1-21-18(31)16-26-15(23-8-29)14-13(10-4-9(20)2-3-11(10)19)25-17(30)12(28(14)16)5-27-7-22-6-24-27/h2-4,6-8,12-13H,5H2,1H3,(H,21,31)(H,23,29)(H,25,30)/t12?,13-/m0/s1. The summed E-state index contributed by atoms with van der Waals surface area (Å²) in [5, 5.41) is 11.9. The van der Waals surface area contributed by atoms with E-state index in [1.165, 1.54) is 47.2 Å². The fourth-order valence-electron chi connectivity index (χ4n) is 3.52. The van der Waals surface area contributed by atoms with Gasteiger partial charge in [0.05, 0.1) is 18.3 Å². The smallest absolute Gasteiger partial charge is 0.287 e. The molecule has 0 spiro atoms. The van der Waals surface area contributed by atoms with E-state index in [-0.39, 0.29) is 34.5 Å². The van der Waals surface area contributed by atoms with Gasteiger partial charge in [0, 0.05) is 17.6 Å². The van der Waals surface area contributed by atoms with Crippen molar-refractivity contribution in [1.82, 2.24) is 34.9 Å². The fraction of sp³-hybridized carbons (Fsp3) is 0.222. The van der Waals surface area contributed by atoms with Crippen molar-refractivity contribution in [3.05, 3.63) is 58.8 Å². The van der Waals surface area contributed by atoms with Crippen LogP contribution < -0.4 is 16.0 Å². The van der Waals surface area contributed by atoms with E-state index < -0.39 is 29.7 Å². The largest absolute Gasteiger partial charge is 0.352 e. The third kappa shape index (κ3) is 3.61. The number of hydrogen-bond donors (Lipinski definition) is 3. The predicted octanol–water partition coefficient (Wildman–Crippen LogP) is 0.655. The maximum atomic E-state index is 14.0. The molecule has 0 saturated carbocycles. The van der Waals surface area contributed by atoms with E-state index in [0.29, 0.717) is 6.41 Å². The van der Waals surface area contributed by atoms with Crippen LogP contribution in [0.4, 0.5) is 10.2 Å². The minimum absolute atomic E-state index is 0.0301. The Labute approximate surface area is 179 Å². The highest BCUT2D eigenvalue weighted by Gasteiger charge is 2.41. The molecule has 3 N–H and O–H groups in total. The van der Waals surface area contributed by atoms with E-state index in [1.54, 1.807) is 0 Å². The number of aromatic nitrogens is 5. The molecule has 1 aliphatic rings. The van der Waals surface area contributed by atoms with Gasteiger partial charge in [0.25, 0.3) is 5.91 Å². The quantitative estimate of drug-likeness (QED) is 0.476. The van der Waals surface area contributed by atoms with E-state index in [2.05, 4.69) is 31.0 Å². The Balaban J connectivity index is 1.95. The lowest BCUT2D eigenvalue weighted by atomic mass is 9.99. The zero-order valence-corrected chi connectivity index (χ0v) is 16.8. The molecule has 13 heteroatoms. The van der Waals surface area contributed by atoms with Crippen molar-refractivity contribution in [1.29, 1.82) is 0 Å². The highest BCUT2D eigenvalue weighted by atomic mass is 35.5. The highest BCUT2D eigenvalue weighted by Crippen LogP contribution is 2.38. The first kappa shape index (κ1) is 20.5. The number of anilines is 1. The lowest BCUT2D eigenvalue weighted by Crippen LogP contribution is -2.45. The van der Waals surface area contributed by atoms with E-state index in [0.717, 1.165) is 0 Å². The molecule has 1 aliphatic heterocycles. The molecule has 4 rings (SSSR count). The summed E-state index contributed by atoms with van der Waals surface area (Å²) in [6.45, 7) is 0.0311. The lowest BCUT2D eigenvalue weighted by molar-refractivity contribution is -0.126. The summed E-state index contributed by atoms with van der Waals surface area (Å²) in [6, 6.07) is 1.78. The van der Waals surface area contributed by atoms with Crippen molar-refractivity contribution < 1.29 is 18.8 Å². The summed E-state index contributed by atoms with van der Waals surface area (Å²) in [7, 11) is 1.41. The number of nitrogens with zero attached hydrogens (tertiary/aromatic N) is 5. The van der Waals surface area contributed by atoms with E-state index in [1.807, 2.05) is 0 Å². The van der Waals surface area contributed by atoms with Gasteiger partial charge in [-0.2, -0.15) is 5.10 Å². The van der Waals surface area contributed by atoms with Crippen LogP contribution in [-0.4, -0.2) is 49.6 Å². The third-order valence-corrected chi connectivity index (χ3v) is 5.19. The molecule has 1 aromatic carbocycles. The number of fused-ring (bicyclic) bond motifs is 1. The van der Waals surface area contributed by atoms with Gasteiger partial charge < -0.3 is 20.5 Å². The number of amides is 3. The molecular weight excluding hydrogens is 431 g/mol. The molecule has 0 radical (unpaired) electrons. The van der Waals surface area contributed by atoms with Crippen LogP contribution in [0.3, 0.4) is 0 Å². The molecule has 1 unspecified atom stereocenters.